The highest BCUT2D eigenvalue weighted by atomic mass is 31.2. The first-order valence-electron chi connectivity index (χ1n) is 17.2. The van der Waals surface area contributed by atoms with E-state index in [4.69, 9.17) is 14.0 Å². The van der Waals surface area contributed by atoms with Gasteiger partial charge >= 0.3 is 7.60 Å². The van der Waals surface area contributed by atoms with E-state index in [0.717, 1.165) is 12.8 Å². The second kappa shape index (κ2) is 27.3. The molecule has 0 aromatic carbocycles. The number of hydrogen-bond donors (Lipinski definition) is 1. The third-order valence-electron chi connectivity index (χ3n) is 7.95. The van der Waals surface area contributed by atoms with E-state index in [2.05, 4.69) is 19.1 Å². The van der Waals surface area contributed by atoms with E-state index in [-0.39, 0.29) is 12.7 Å². The molecule has 246 valence electrons. The predicted molar refractivity (Wildman–Crippen MR) is 177 cm³/mol. The molecule has 0 aromatic rings. The molecule has 0 heterocycles. The number of ether oxygens (including phenoxy) is 2. The Morgan fingerprint density at radius 1 is 0.683 bits per heavy atom. The van der Waals surface area contributed by atoms with Gasteiger partial charge in [-0.1, -0.05) is 116 Å². The molecule has 0 bridgehead atoms. The summed E-state index contributed by atoms with van der Waals surface area (Å²) in [6, 6.07) is 0. The zero-order chi connectivity index (χ0) is 30.7. The zero-order valence-corrected chi connectivity index (χ0v) is 29.1. The Hall–Kier alpha value is -0.230. The SMILES string of the molecule is CCCCCCCCCCCC/C=C\CCCCCCCCCOC[C@H](COP(=O)(O)C(CCC)[N+](C)(C)C)OC. The topological polar surface area (TPSA) is 65.0 Å². The smallest absolute Gasteiger partial charge is 0.379 e. The van der Waals surface area contributed by atoms with Crippen LogP contribution in [0.25, 0.3) is 0 Å². The second-order valence-electron chi connectivity index (χ2n) is 12.9. The van der Waals surface area contributed by atoms with E-state index >= 15 is 0 Å². The molecule has 0 saturated carbocycles. The lowest BCUT2D eigenvalue weighted by atomic mass is 10.1. The largest absolute Gasteiger partial charge is 0.385 e. The van der Waals surface area contributed by atoms with Gasteiger partial charge in [-0.05, 0) is 38.5 Å². The minimum atomic E-state index is -3.76. The maximum absolute atomic E-state index is 12.9. The summed E-state index contributed by atoms with van der Waals surface area (Å²) in [5, 5.41) is 0. The van der Waals surface area contributed by atoms with Gasteiger partial charge in [0.05, 0.1) is 34.4 Å². The molecule has 0 aliphatic carbocycles. The Balaban J connectivity index is 3.61. The Morgan fingerprint density at radius 2 is 1.15 bits per heavy atom. The van der Waals surface area contributed by atoms with Crippen LogP contribution in [-0.4, -0.2) is 69.3 Å². The van der Waals surface area contributed by atoms with Crippen molar-refractivity contribution in [1.82, 2.24) is 0 Å². The summed E-state index contributed by atoms with van der Waals surface area (Å²) >= 11 is 0. The number of unbranched alkanes of at least 4 members (excludes halogenated alkanes) is 17. The van der Waals surface area contributed by atoms with Crippen LogP contribution in [-0.2, 0) is 18.6 Å². The van der Waals surface area contributed by atoms with Gasteiger partial charge in [0.2, 0.25) is 0 Å². The molecule has 0 saturated heterocycles. The number of rotatable bonds is 31. The molecule has 0 amide bonds. The van der Waals surface area contributed by atoms with Gasteiger partial charge in [-0.3, -0.25) is 4.57 Å². The van der Waals surface area contributed by atoms with Gasteiger partial charge in [0.15, 0.2) is 5.78 Å². The first-order valence-corrected chi connectivity index (χ1v) is 18.9. The van der Waals surface area contributed by atoms with Gasteiger partial charge in [-0.2, -0.15) is 0 Å². The molecule has 0 aromatic heterocycles. The summed E-state index contributed by atoms with van der Waals surface area (Å²) in [6.07, 6.45) is 31.3. The summed E-state index contributed by atoms with van der Waals surface area (Å²) in [6.45, 7) is 5.45. The molecule has 0 aliphatic rings. The molecule has 6 nitrogen and oxygen atoms in total. The van der Waals surface area contributed by atoms with Crippen molar-refractivity contribution in [3.63, 3.8) is 0 Å². The van der Waals surface area contributed by atoms with E-state index in [1.807, 2.05) is 28.1 Å². The van der Waals surface area contributed by atoms with Crippen LogP contribution in [0.2, 0.25) is 0 Å². The van der Waals surface area contributed by atoms with Crippen LogP contribution >= 0.6 is 7.60 Å². The molecule has 0 rings (SSSR count). The average molecular weight is 605 g/mol. The normalized spacial score (nSPS) is 15.4. The van der Waals surface area contributed by atoms with Crippen molar-refractivity contribution in [3.05, 3.63) is 12.2 Å². The van der Waals surface area contributed by atoms with Crippen molar-refractivity contribution in [2.75, 3.05) is 48.1 Å². The maximum Gasteiger partial charge on any atom is 0.385 e. The fourth-order valence-electron chi connectivity index (χ4n) is 5.26. The van der Waals surface area contributed by atoms with Crippen molar-refractivity contribution in [3.8, 4) is 0 Å². The van der Waals surface area contributed by atoms with E-state index < -0.39 is 13.4 Å². The molecule has 0 fully saturated rings. The molecule has 2 unspecified atom stereocenters. The summed E-state index contributed by atoms with van der Waals surface area (Å²) < 4.78 is 30.0. The Morgan fingerprint density at radius 3 is 1.59 bits per heavy atom. The third-order valence-corrected chi connectivity index (χ3v) is 10.2. The van der Waals surface area contributed by atoms with Crippen LogP contribution in [0, 0.1) is 0 Å². The lowest BCUT2D eigenvalue weighted by Crippen LogP contribution is -2.45. The molecule has 0 spiro atoms. The molecule has 0 radical (unpaired) electrons. The minimum Gasteiger partial charge on any atom is -0.379 e. The number of methoxy groups -OCH3 is 1. The first kappa shape index (κ1) is 40.8. The van der Waals surface area contributed by atoms with Crippen LogP contribution in [0.15, 0.2) is 12.2 Å². The standard InChI is InChI=1S/C34H70NO5P/c1-7-9-10-11-12-13-14-15-16-17-18-19-20-21-22-23-24-25-26-27-28-30-39-31-33(38-6)32-40-41(36,37)34(29-8-2)35(3,4)5/h19-20,33-34H,7-18,21-32H2,1-6H3/p+1/b20-19-/t33-,34?/m1/s1. The van der Waals surface area contributed by atoms with E-state index in [9.17, 15) is 9.46 Å². The van der Waals surface area contributed by atoms with Crippen LogP contribution in [0.3, 0.4) is 0 Å². The van der Waals surface area contributed by atoms with Gasteiger partial charge < -0.3 is 23.4 Å². The number of hydrogen-bond acceptors (Lipinski definition) is 4. The Labute approximate surface area is 256 Å². The molecule has 7 heteroatoms. The van der Waals surface area contributed by atoms with Crippen molar-refractivity contribution in [2.24, 2.45) is 0 Å². The van der Waals surface area contributed by atoms with Crippen molar-refractivity contribution < 1.29 is 27.9 Å². The van der Waals surface area contributed by atoms with Crippen molar-refractivity contribution in [2.45, 2.75) is 161 Å². The zero-order valence-electron chi connectivity index (χ0n) is 28.3. The van der Waals surface area contributed by atoms with Crippen LogP contribution in [0.5, 0.6) is 0 Å². The van der Waals surface area contributed by atoms with Gasteiger partial charge in [0.1, 0.15) is 6.10 Å². The molecule has 41 heavy (non-hydrogen) atoms. The Kier molecular flexibility index (Phi) is 27.2. The minimum absolute atomic E-state index is 0.0684. The van der Waals surface area contributed by atoms with Crippen LogP contribution in [0.1, 0.15) is 149 Å². The molecule has 0 aliphatic heterocycles. The number of nitrogens with zero attached hydrogens (tertiary/aromatic N) is 1. The van der Waals surface area contributed by atoms with Gasteiger partial charge in [0.25, 0.3) is 0 Å². The monoisotopic (exact) mass is 605 g/mol. The van der Waals surface area contributed by atoms with Gasteiger partial charge in [-0.25, -0.2) is 0 Å². The molecule has 3 atom stereocenters. The van der Waals surface area contributed by atoms with Gasteiger partial charge in [0, 0.05) is 20.1 Å². The average Bonchev–Trinajstić information content (AvgIpc) is 2.93. The van der Waals surface area contributed by atoms with E-state index in [1.54, 1.807) is 7.11 Å². The summed E-state index contributed by atoms with van der Waals surface area (Å²) in [7, 11) is 3.63. The van der Waals surface area contributed by atoms with Crippen LogP contribution in [0.4, 0.5) is 0 Å². The Bertz CT molecular complexity index is 637. The number of allylic oxidation sites excluding steroid dienone is 2. The fourth-order valence-corrected chi connectivity index (χ4v) is 7.27. The highest BCUT2D eigenvalue weighted by Crippen LogP contribution is 2.51. The molecular weight excluding hydrogens is 533 g/mol. The van der Waals surface area contributed by atoms with Crippen LogP contribution < -0.4 is 0 Å². The van der Waals surface area contributed by atoms with E-state index in [1.165, 1.54) is 116 Å². The quantitative estimate of drug-likeness (QED) is 0.0369. The van der Waals surface area contributed by atoms with Crippen molar-refractivity contribution >= 4 is 7.60 Å². The highest BCUT2D eigenvalue weighted by molar-refractivity contribution is 7.53. The fraction of sp³-hybridized carbons (Fsp3) is 0.941. The second-order valence-corrected chi connectivity index (χ2v) is 14.9. The number of quaternary nitrogens is 1. The molecular formula is C34H71NO5P+. The third kappa shape index (κ3) is 24.9. The maximum atomic E-state index is 12.9. The lowest BCUT2D eigenvalue weighted by Gasteiger charge is -2.36. The predicted octanol–water partition coefficient (Wildman–Crippen LogP) is 10.0. The summed E-state index contributed by atoms with van der Waals surface area (Å²) in [5.74, 6) is -0.443. The van der Waals surface area contributed by atoms with Crippen molar-refractivity contribution in [1.29, 1.82) is 0 Å². The van der Waals surface area contributed by atoms with E-state index in [0.29, 0.717) is 24.1 Å². The van der Waals surface area contributed by atoms with Gasteiger partial charge in [-0.15, -0.1) is 0 Å². The lowest BCUT2D eigenvalue weighted by molar-refractivity contribution is -0.883. The highest BCUT2D eigenvalue weighted by Gasteiger charge is 2.42. The molecule has 1 N–H and O–H groups in total. The summed E-state index contributed by atoms with van der Waals surface area (Å²) in [4.78, 5) is 10.6. The summed E-state index contributed by atoms with van der Waals surface area (Å²) in [5.41, 5.74) is 0. The first-order chi connectivity index (χ1) is 19.7.